The van der Waals surface area contributed by atoms with Crippen molar-refractivity contribution in [2.75, 3.05) is 4.90 Å². The molecule has 1 aromatic carbocycles. The van der Waals surface area contributed by atoms with Crippen LogP contribution in [0.25, 0.3) is 5.78 Å². The van der Waals surface area contributed by atoms with Crippen molar-refractivity contribution in [1.82, 2.24) is 14.4 Å². The molecule has 1 aliphatic rings. The molecule has 0 fully saturated rings. The average Bonchev–Trinajstić information content (AvgIpc) is 2.99. The van der Waals surface area contributed by atoms with E-state index in [0.717, 1.165) is 29.0 Å². The van der Waals surface area contributed by atoms with Crippen molar-refractivity contribution in [1.29, 1.82) is 0 Å². The van der Waals surface area contributed by atoms with Crippen molar-refractivity contribution in [3.63, 3.8) is 0 Å². The Labute approximate surface area is 131 Å². The van der Waals surface area contributed by atoms with Crippen LogP contribution in [0.15, 0.2) is 47.3 Å². The first-order valence-corrected chi connectivity index (χ1v) is 7.85. The largest absolute Gasteiger partial charge is 0.362 e. The van der Waals surface area contributed by atoms with E-state index in [1.54, 1.807) is 6.20 Å². The van der Waals surface area contributed by atoms with Gasteiger partial charge in [-0.15, -0.1) is 0 Å². The zero-order valence-electron chi connectivity index (χ0n) is 11.7. The molecular formula is C16H15BrN4. The number of para-hydroxylation sites is 1. The number of imidazole rings is 1. The summed E-state index contributed by atoms with van der Waals surface area (Å²) in [6, 6.07) is 11.0. The van der Waals surface area contributed by atoms with Gasteiger partial charge in [-0.25, -0.2) is 9.97 Å². The van der Waals surface area contributed by atoms with Crippen LogP contribution in [0.4, 0.5) is 5.69 Å². The number of halogens is 1. The normalized spacial score (nSPS) is 17.4. The third-order valence-corrected chi connectivity index (χ3v) is 4.92. The van der Waals surface area contributed by atoms with Crippen molar-refractivity contribution >= 4 is 27.4 Å². The number of nitrogens with zero attached hydrogens (tertiary/aromatic N) is 4. The first-order chi connectivity index (χ1) is 10.2. The Morgan fingerprint density at radius 1 is 1.29 bits per heavy atom. The Morgan fingerprint density at radius 3 is 3.00 bits per heavy atom. The molecule has 0 radical (unpaired) electrons. The predicted molar refractivity (Wildman–Crippen MR) is 86.5 cm³/mol. The van der Waals surface area contributed by atoms with E-state index in [2.05, 4.69) is 62.0 Å². The van der Waals surface area contributed by atoms with Crippen LogP contribution in [0.1, 0.15) is 18.2 Å². The summed E-state index contributed by atoms with van der Waals surface area (Å²) in [5, 5.41) is 0. The minimum atomic E-state index is 0.493. The van der Waals surface area contributed by atoms with Crippen LogP contribution >= 0.6 is 15.9 Å². The lowest BCUT2D eigenvalue weighted by Gasteiger charge is -2.24. The third kappa shape index (κ3) is 2.03. The van der Waals surface area contributed by atoms with Gasteiger partial charge < -0.3 is 4.90 Å². The number of hydrogen-bond acceptors (Lipinski definition) is 3. The molecule has 4 rings (SSSR count). The quantitative estimate of drug-likeness (QED) is 0.715. The van der Waals surface area contributed by atoms with Crippen LogP contribution in [0, 0.1) is 0 Å². The second kappa shape index (κ2) is 4.84. The maximum atomic E-state index is 4.65. The summed E-state index contributed by atoms with van der Waals surface area (Å²) in [6.07, 6.45) is 4.84. The van der Waals surface area contributed by atoms with Crippen LogP contribution in [0.3, 0.4) is 0 Å². The molecule has 3 aromatic rings. The molecule has 1 aliphatic heterocycles. The fraction of sp³-hybridized carbons (Fsp3) is 0.250. The molecule has 0 saturated carbocycles. The maximum Gasteiger partial charge on any atom is 0.234 e. The van der Waals surface area contributed by atoms with E-state index in [4.69, 9.17) is 0 Å². The smallest absolute Gasteiger partial charge is 0.234 e. The lowest BCUT2D eigenvalue weighted by Crippen LogP contribution is -2.28. The number of anilines is 1. The highest BCUT2D eigenvalue weighted by Crippen LogP contribution is 2.33. The van der Waals surface area contributed by atoms with Gasteiger partial charge in [0.15, 0.2) is 0 Å². The lowest BCUT2D eigenvalue weighted by molar-refractivity contribution is 0.665. The number of fused-ring (bicyclic) bond motifs is 2. The topological polar surface area (TPSA) is 33.4 Å². The number of hydrogen-bond donors (Lipinski definition) is 0. The van der Waals surface area contributed by atoms with Gasteiger partial charge in [-0.05, 0) is 47.0 Å². The Kier molecular flexibility index (Phi) is 2.96. The molecule has 106 valence electrons. The molecule has 0 spiro atoms. The lowest BCUT2D eigenvalue weighted by atomic mass is 10.1. The Bertz CT molecular complexity index is 811. The zero-order valence-corrected chi connectivity index (χ0v) is 13.3. The average molecular weight is 343 g/mol. The van der Waals surface area contributed by atoms with Crippen LogP contribution in [-0.4, -0.2) is 20.4 Å². The summed E-state index contributed by atoms with van der Waals surface area (Å²) < 4.78 is 2.96. The number of benzene rings is 1. The van der Waals surface area contributed by atoms with Crippen molar-refractivity contribution in [2.24, 2.45) is 0 Å². The number of rotatable bonds is 2. The Hall–Kier alpha value is -1.88. The fourth-order valence-electron chi connectivity index (χ4n) is 3.04. The van der Waals surface area contributed by atoms with Crippen molar-refractivity contribution in [3.8, 4) is 0 Å². The highest BCUT2D eigenvalue weighted by atomic mass is 79.9. The summed E-state index contributed by atoms with van der Waals surface area (Å²) >= 11 is 3.65. The van der Waals surface area contributed by atoms with Crippen LogP contribution in [-0.2, 0) is 13.0 Å². The van der Waals surface area contributed by atoms with Gasteiger partial charge in [-0.2, -0.15) is 0 Å². The zero-order chi connectivity index (χ0) is 14.4. The first-order valence-electron chi connectivity index (χ1n) is 7.06. The van der Waals surface area contributed by atoms with Crippen molar-refractivity contribution < 1.29 is 0 Å². The minimum Gasteiger partial charge on any atom is -0.362 e. The Balaban J connectivity index is 1.73. The van der Waals surface area contributed by atoms with E-state index < -0.39 is 0 Å². The molecule has 3 heterocycles. The van der Waals surface area contributed by atoms with Crippen molar-refractivity contribution in [3.05, 3.63) is 58.6 Å². The molecule has 0 saturated heterocycles. The van der Waals surface area contributed by atoms with Gasteiger partial charge in [-0.3, -0.25) is 4.40 Å². The molecule has 5 heteroatoms. The highest BCUT2D eigenvalue weighted by molar-refractivity contribution is 9.10. The van der Waals surface area contributed by atoms with Gasteiger partial charge in [0.2, 0.25) is 5.78 Å². The van der Waals surface area contributed by atoms with E-state index in [9.17, 15) is 0 Å². The number of aromatic nitrogens is 3. The van der Waals surface area contributed by atoms with Gasteiger partial charge in [0.1, 0.15) is 4.60 Å². The molecule has 0 aliphatic carbocycles. The van der Waals surface area contributed by atoms with Crippen LogP contribution < -0.4 is 4.90 Å². The molecule has 0 N–H and O–H groups in total. The predicted octanol–water partition coefficient (Wildman–Crippen LogP) is 3.44. The first kappa shape index (κ1) is 12.8. The summed E-state index contributed by atoms with van der Waals surface area (Å²) in [7, 11) is 0. The van der Waals surface area contributed by atoms with Gasteiger partial charge in [-0.1, -0.05) is 18.2 Å². The third-order valence-electron chi connectivity index (χ3n) is 4.08. The van der Waals surface area contributed by atoms with E-state index in [0.29, 0.717) is 6.04 Å². The summed E-state index contributed by atoms with van der Waals surface area (Å²) in [5.74, 6) is 0.736. The summed E-state index contributed by atoms with van der Waals surface area (Å²) in [4.78, 5) is 11.4. The SMILES string of the molecule is CC1Cc2ccccc2N1Cc1nc2ncccn2c1Br. The van der Waals surface area contributed by atoms with Gasteiger partial charge in [0, 0.05) is 24.1 Å². The maximum absolute atomic E-state index is 4.65. The van der Waals surface area contributed by atoms with Gasteiger partial charge in [0.25, 0.3) is 0 Å². The fourth-order valence-corrected chi connectivity index (χ4v) is 3.53. The second-order valence-electron chi connectivity index (χ2n) is 5.45. The molecule has 1 unspecified atom stereocenters. The Morgan fingerprint density at radius 2 is 2.14 bits per heavy atom. The van der Waals surface area contributed by atoms with Crippen LogP contribution in [0.2, 0.25) is 0 Å². The minimum absolute atomic E-state index is 0.493. The summed E-state index contributed by atoms with van der Waals surface area (Å²) in [6.45, 7) is 3.06. The van der Waals surface area contributed by atoms with Crippen LogP contribution in [0.5, 0.6) is 0 Å². The van der Waals surface area contributed by atoms with E-state index in [1.807, 2.05) is 16.7 Å². The standard InChI is InChI=1S/C16H15BrN4/c1-11-9-12-5-2-3-6-14(12)21(11)10-13-15(17)20-8-4-7-18-16(20)19-13/h2-8,11H,9-10H2,1H3. The van der Waals surface area contributed by atoms with E-state index in [1.165, 1.54) is 11.3 Å². The highest BCUT2D eigenvalue weighted by Gasteiger charge is 2.27. The molecular weight excluding hydrogens is 328 g/mol. The van der Waals surface area contributed by atoms with E-state index >= 15 is 0 Å². The van der Waals surface area contributed by atoms with Gasteiger partial charge in [0.05, 0.1) is 12.2 Å². The second-order valence-corrected chi connectivity index (χ2v) is 6.20. The molecule has 0 bridgehead atoms. The monoisotopic (exact) mass is 342 g/mol. The molecule has 1 atom stereocenters. The van der Waals surface area contributed by atoms with Crippen molar-refractivity contribution in [2.45, 2.75) is 25.9 Å². The molecule has 4 nitrogen and oxygen atoms in total. The summed E-state index contributed by atoms with van der Waals surface area (Å²) in [5.41, 5.74) is 3.77. The molecule has 2 aromatic heterocycles. The molecule has 0 amide bonds. The van der Waals surface area contributed by atoms with E-state index in [-0.39, 0.29) is 0 Å². The molecule has 21 heavy (non-hydrogen) atoms. The van der Waals surface area contributed by atoms with Gasteiger partial charge >= 0.3 is 0 Å².